The van der Waals surface area contributed by atoms with E-state index in [0.29, 0.717) is 16.7 Å². The van der Waals surface area contributed by atoms with Crippen LogP contribution in [-0.4, -0.2) is 11.5 Å². The second-order valence-corrected chi connectivity index (χ2v) is 7.80. The highest BCUT2D eigenvalue weighted by Gasteiger charge is 2.05. The monoisotopic (exact) mass is 424 g/mol. The first-order valence-electron chi connectivity index (χ1n) is 9.60. The first-order chi connectivity index (χ1) is 14.2. The third-order valence-corrected chi connectivity index (χ3v) is 5.47. The highest BCUT2D eigenvalue weighted by Crippen LogP contribution is 2.23. The van der Waals surface area contributed by atoms with E-state index in [-0.39, 0.29) is 0 Å². The minimum atomic E-state index is 0.410. The Hall–Kier alpha value is -2.46. The summed E-state index contributed by atoms with van der Waals surface area (Å²) in [4.78, 5) is 3.33. The molecule has 148 valence electrons. The van der Waals surface area contributed by atoms with E-state index in [1.54, 1.807) is 6.07 Å². The van der Waals surface area contributed by atoms with Gasteiger partial charge in [0.05, 0.1) is 0 Å². The SMILES string of the molecule is Clc1ccc(COc2cccc(CNCCc3c[nH]c4ccccc34)c2)c(Cl)c1. The van der Waals surface area contributed by atoms with Gasteiger partial charge in [0, 0.05) is 39.3 Å². The molecule has 0 aliphatic rings. The van der Waals surface area contributed by atoms with E-state index >= 15 is 0 Å². The predicted molar refractivity (Wildman–Crippen MR) is 121 cm³/mol. The van der Waals surface area contributed by atoms with Crippen molar-refractivity contribution in [1.29, 1.82) is 0 Å². The van der Waals surface area contributed by atoms with Gasteiger partial charge in [-0.2, -0.15) is 0 Å². The molecule has 5 heteroatoms. The minimum absolute atomic E-state index is 0.410. The Morgan fingerprint density at radius 3 is 2.69 bits per heavy atom. The van der Waals surface area contributed by atoms with Crippen LogP contribution in [0.4, 0.5) is 0 Å². The molecular weight excluding hydrogens is 403 g/mol. The third kappa shape index (κ3) is 5.13. The van der Waals surface area contributed by atoms with E-state index in [9.17, 15) is 0 Å². The van der Waals surface area contributed by atoms with Gasteiger partial charge in [0.1, 0.15) is 12.4 Å². The van der Waals surface area contributed by atoms with Gasteiger partial charge in [0.2, 0.25) is 0 Å². The average Bonchev–Trinajstić information content (AvgIpc) is 3.14. The fraction of sp³-hybridized carbons (Fsp3) is 0.167. The van der Waals surface area contributed by atoms with Gasteiger partial charge < -0.3 is 15.0 Å². The van der Waals surface area contributed by atoms with Gasteiger partial charge in [-0.15, -0.1) is 0 Å². The highest BCUT2D eigenvalue weighted by molar-refractivity contribution is 6.35. The molecule has 0 amide bonds. The number of hydrogen-bond donors (Lipinski definition) is 2. The summed E-state index contributed by atoms with van der Waals surface area (Å²) in [5, 5.41) is 6.06. The van der Waals surface area contributed by atoms with Crippen molar-refractivity contribution in [3.63, 3.8) is 0 Å². The van der Waals surface area contributed by atoms with Gasteiger partial charge >= 0.3 is 0 Å². The zero-order valence-electron chi connectivity index (χ0n) is 15.9. The summed E-state index contributed by atoms with van der Waals surface area (Å²) >= 11 is 12.2. The number of fused-ring (bicyclic) bond motifs is 1. The van der Waals surface area contributed by atoms with E-state index in [0.717, 1.165) is 30.8 Å². The molecule has 29 heavy (non-hydrogen) atoms. The van der Waals surface area contributed by atoms with Gasteiger partial charge in [-0.3, -0.25) is 0 Å². The van der Waals surface area contributed by atoms with Crippen molar-refractivity contribution < 1.29 is 4.74 Å². The molecule has 4 aromatic rings. The van der Waals surface area contributed by atoms with Crippen LogP contribution in [0.15, 0.2) is 72.9 Å². The van der Waals surface area contributed by atoms with Crippen LogP contribution in [0.3, 0.4) is 0 Å². The van der Waals surface area contributed by atoms with E-state index in [1.165, 1.54) is 22.0 Å². The fourth-order valence-electron chi connectivity index (χ4n) is 3.34. The smallest absolute Gasteiger partial charge is 0.120 e. The molecule has 0 fully saturated rings. The van der Waals surface area contributed by atoms with Crippen LogP contribution in [-0.2, 0) is 19.6 Å². The molecule has 0 spiro atoms. The second-order valence-electron chi connectivity index (χ2n) is 6.96. The maximum absolute atomic E-state index is 6.21. The molecule has 0 aliphatic heterocycles. The number of aromatic amines is 1. The number of nitrogens with one attached hydrogen (secondary N) is 2. The van der Waals surface area contributed by atoms with Crippen LogP contribution in [0.1, 0.15) is 16.7 Å². The van der Waals surface area contributed by atoms with Crippen molar-refractivity contribution in [2.75, 3.05) is 6.54 Å². The Morgan fingerprint density at radius 2 is 1.79 bits per heavy atom. The Balaban J connectivity index is 1.28. The molecule has 0 saturated heterocycles. The summed E-state index contributed by atoms with van der Waals surface area (Å²) < 4.78 is 5.91. The first kappa shape index (κ1) is 19.8. The lowest BCUT2D eigenvalue weighted by Gasteiger charge is -2.10. The van der Waals surface area contributed by atoms with Gasteiger partial charge in [0.25, 0.3) is 0 Å². The summed E-state index contributed by atoms with van der Waals surface area (Å²) in [5.41, 5.74) is 4.63. The van der Waals surface area contributed by atoms with Crippen LogP contribution in [0.2, 0.25) is 10.0 Å². The largest absolute Gasteiger partial charge is 0.489 e. The summed E-state index contributed by atoms with van der Waals surface area (Å²) in [7, 11) is 0. The zero-order valence-corrected chi connectivity index (χ0v) is 17.4. The Kier molecular flexibility index (Phi) is 6.40. The molecule has 0 bridgehead atoms. The third-order valence-electron chi connectivity index (χ3n) is 4.88. The first-order valence-corrected chi connectivity index (χ1v) is 10.4. The summed E-state index contributed by atoms with van der Waals surface area (Å²) in [5.74, 6) is 0.826. The van der Waals surface area contributed by atoms with Crippen molar-refractivity contribution in [2.45, 2.75) is 19.6 Å². The summed E-state index contributed by atoms with van der Waals surface area (Å²) in [6.45, 7) is 2.11. The van der Waals surface area contributed by atoms with Gasteiger partial charge in [0.15, 0.2) is 0 Å². The lowest BCUT2D eigenvalue weighted by molar-refractivity contribution is 0.306. The number of hydrogen-bond acceptors (Lipinski definition) is 2. The van der Waals surface area contributed by atoms with Crippen LogP contribution >= 0.6 is 23.2 Å². The molecule has 0 saturated carbocycles. The normalized spacial score (nSPS) is 11.1. The Labute approximate surface area is 180 Å². The number of aromatic nitrogens is 1. The van der Waals surface area contributed by atoms with Gasteiger partial charge in [-0.1, -0.05) is 59.6 Å². The standard InChI is InChI=1S/C24H22Cl2N2O/c25-20-9-8-19(23(26)13-20)16-29-21-5-3-4-17(12-21)14-27-11-10-18-15-28-24-7-2-1-6-22(18)24/h1-9,12-13,15,27-28H,10-11,14,16H2. The molecule has 4 rings (SSSR count). The van der Waals surface area contributed by atoms with Crippen molar-refractivity contribution >= 4 is 34.1 Å². The number of ether oxygens (including phenoxy) is 1. The van der Waals surface area contributed by atoms with Crippen LogP contribution in [0.25, 0.3) is 10.9 Å². The van der Waals surface area contributed by atoms with E-state index in [2.05, 4.69) is 52.9 Å². The van der Waals surface area contributed by atoms with Crippen LogP contribution in [0.5, 0.6) is 5.75 Å². The van der Waals surface area contributed by atoms with Crippen molar-refractivity contribution in [1.82, 2.24) is 10.3 Å². The lowest BCUT2D eigenvalue weighted by Crippen LogP contribution is -2.16. The average molecular weight is 425 g/mol. The molecule has 3 nitrogen and oxygen atoms in total. The Bertz CT molecular complexity index is 1110. The molecule has 2 N–H and O–H groups in total. The minimum Gasteiger partial charge on any atom is -0.489 e. The second kappa shape index (κ2) is 9.36. The Morgan fingerprint density at radius 1 is 0.897 bits per heavy atom. The fourth-order valence-corrected chi connectivity index (χ4v) is 3.80. The molecule has 3 aromatic carbocycles. The number of benzene rings is 3. The van der Waals surface area contributed by atoms with Crippen molar-refractivity contribution in [3.8, 4) is 5.75 Å². The quantitative estimate of drug-likeness (QED) is 0.321. The topological polar surface area (TPSA) is 37.0 Å². The number of H-pyrrole nitrogens is 1. The maximum Gasteiger partial charge on any atom is 0.120 e. The number of rotatable bonds is 8. The molecule has 1 heterocycles. The molecule has 1 aromatic heterocycles. The van der Waals surface area contributed by atoms with Crippen molar-refractivity contribution in [3.05, 3.63) is 99.7 Å². The lowest BCUT2D eigenvalue weighted by atomic mass is 10.1. The van der Waals surface area contributed by atoms with Crippen molar-refractivity contribution in [2.24, 2.45) is 0 Å². The summed E-state index contributed by atoms with van der Waals surface area (Å²) in [6.07, 6.45) is 3.08. The van der Waals surface area contributed by atoms with E-state index in [1.807, 2.05) is 24.3 Å². The molecule has 0 radical (unpaired) electrons. The van der Waals surface area contributed by atoms with Gasteiger partial charge in [-0.05, 0) is 54.4 Å². The van der Waals surface area contributed by atoms with E-state index in [4.69, 9.17) is 27.9 Å². The highest BCUT2D eigenvalue weighted by atomic mass is 35.5. The molecule has 0 unspecified atom stereocenters. The van der Waals surface area contributed by atoms with Crippen LogP contribution in [0, 0.1) is 0 Å². The predicted octanol–water partition coefficient (Wildman–Crippen LogP) is 6.39. The molecule has 0 atom stereocenters. The maximum atomic E-state index is 6.21. The van der Waals surface area contributed by atoms with Crippen LogP contribution < -0.4 is 10.1 Å². The number of para-hydroxylation sites is 1. The van der Waals surface area contributed by atoms with E-state index < -0.39 is 0 Å². The molecule has 0 aliphatic carbocycles. The zero-order chi connectivity index (χ0) is 20.1. The summed E-state index contributed by atoms with van der Waals surface area (Å²) in [6, 6.07) is 22.0. The van der Waals surface area contributed by atoms with Gasteiger partial charge in [-0.25, -0.2) is 0 Å². The number of halogens is 2. The molecular formula is C24H22Cl2N2O.